The molecule has 1 aliphatic carbocycles. The summed E-state index contributed by atoms with van der Waals surface area (Å²) < 4.78 is 0. The van der Waals surface area contributed by atoms with Crippen LogP contribution >= 0.6 is 0 Å². The third-order valence-electron chi connectivity index (χ3n) is 3.92. The fourth-order valence-electron chi connectivity index (χ4n) is 2.34. The predicted octanol–water partition coefficient (Wildman–Crippen LogP) is 2.66. The number of nitrogens with zero attached hydrogens (tertiary/aromatic N) is 1. The minimum absolute atomic E-state index is 0.187. The van der Waals surface area contributed by atoms with Gasteiger partial charge in [0.2, 0.25) is 5.91 Å². The molecule has 0 radical (unpaired) electrons. The van der Waals surface area contributed by atoms with Gasteiger partial charge in [-0.15, -0.1) is 0 Å². The third-order valence-corrected chi connectivity index (χ3v) is 3.92. The largest absolute Gasteiger partial charge is 0.398 e. The number of anilines is 1. The normalized spacial score (nSPS) is 20.5. The SMILES string of the molecule is CCN(Cc1ccccc1N)C(=O)C1CC1(C)C. The summed E-state index contributed by atoms with van der Waals surface area (Å²) in [5.41, 5.74) is 7.91. The lowest BCUT2D eigenvalue weighted by Crippen LogP contribution is -2.32. The van der Waals surface area contributed by atoms with Crippen molar-refractivity contribution in [2.45, 2.75) is 33.7 Å². The molecule has 1 aromatic carbocycles. The van der Waals surface area contributed by atoms with Crippen LogP contribution in [0.5, 0.6) is 0 Å². The Morgan fingerprint density at radius 1 is 1.44 bits per heavy atom. The Morgan fingerprint density at radius 3 is 2.56 bits per heavy atom. The Balaban J connectivity index is 2.07. The lowest BCUT2D eigenvalue weighted by molar-refractivity contribution is -0.133. The molecule has 0 aromatic heterocycles. The highest BCUT2D eigenvalue weighted by atomic mass is 16.2. The second kappa shape index (κ2) is 4.63. The number of carbonyl (C=O) groups is 1. The lowest BCUT2D eigenvalue weighted by atomic mass is 10.1. The van der Waals surface area contributed by atoms with Crippen LogP contribution < -0.4 is 5.73 Å². The minimum atomic E-state index is 0.187. The first-order valence-electron chi connectivity index (χ1n) is 6.58. The van der Waals surface area contributed by atoms with Crippen molar-refractivity contribution in [3.8, 4) is 0 Å². The zero-order valence-electron chi connectivity index (χ0n) is 11.4. The molecule has 2 rings (SSSR count). The summed E-state index contributed by atoms with van der Waals surface area (Å²) in [6, 6.07) is 7.75. The van der Waals surface area contributed by atoms with E-state index in [1.165, 1.54) is 0 Å². The average Bonchev–Trinajstić information content (AvgIpc) is 2.97. The van der Waals surface area contributed by atoms with Gasteiger partial charge in [0.1, 0.15) is 0 Å². The van der Waals surface area contributed by atoms with Crippen molar-refractivity contribution in [2.24, 2.45) is 11.3 Å². The van der Waals surface area contributed by atoms with Gasteiger partial charge in [-0.2, -0.15) is 0 Å². The van der Waals surface area contributed by atoms with E-state index in [4.69, 9.17) is 5.73 Å². The fraction of sp³-hybridized carbons (Fsp3) is 0.533. The molecule has 0 heterocycles. The van der Waals surface area contributed by atoms with Crippen LogP contribution in [0.2, 0.25) is 0 Å². The molecular formula is C15H22N2O. The van der Waals surface area contributed by atoms with Gasteiger partial charge in [0.25, 0.3) is 0 Å². The van der Waals surface area contributed by atoms with E-state index in [1.54, 1.807) is 0 Å². The van der Waals surface area contributed by atoms with Gasteiger partial charge in [0.05, 0.1) is 0 Å². The van der Waals surface area contributed by atoms with E-state index in [9.17, 15) is 4.79 Å². The second-order valence-corrected chi connectivity index (χ2v) is 5.80. The van der Waals surface area contributed by atoms with Crippen molar-refractivity contribution in [3.05, 3.63) is 29.8 Å². The first kappa shape index (κ1) is 12.9. The van der Waals surface area contributed by atoms with Gasteiger partial charge in [0.15, 0.2) is 0 Å². The number of hydrogen-bond donors (Lipinski definition) is 1. The van der Waals surface area contributed by atoms with Gasteiger partial charge >= 0.3 is 0 Å². The Kier molecular flexibility index (Phi) is 3.33. The summed E-state index contributed by atoms with van der Waals surface area (Å²) in [5, 5.41) is 0. The van der Waals surface area contributed by atoms with E-state index in [1.807, 2.05) is 36.1 Å². The lowest BCUT2D eigenvalue weighted by Gasteiger charge is -2.22. The Bertz CT molecular complexity index is 454. The Hall–Kier alpha value is -1.51. The maximum atomic E-state index is 12.4. The molecule has 98 valence electrons. The van der Waals surface area contributed by atoms with Gasteiger partial charge in [-0.25, -0.2) is 0 Å². The summed E-state index contributed by atoms with van der Waals surface area (Å²) in [6.07, 6.45) is 1.01. The highest BCUT2D eigenvalue weighted by Gasteiger charge is 2.51. The molecule has 3 heteroatoms. The summed E-state index contributed by atoms with van der Waals surface area (Å²) in [4.78, 5) is 14.3. The molecule has 0 saturated heterocycles. The molecule has 1 aliphatic rings. The maximum Gasteiger partial charge on any atom is 0.226 e. The molecule has 18 heavy (non-hydrogen) atoms. The smallest absolute Gasteiger partial charge is 0.226 e. The van der Waals surface area contributed by atoms with E-state index in [-0.39, 0.29) is 17.2 Å². The molecule has 1 amide bonds. The topological polar surface area (TPSA) is 46.3 Å². The van der Waals surface area contributed by atoms with Crippen LogP contribution in [0.1, 0.15) is 32.8 Å². The Labute approximate surface area is 109 Å². The highest BCUT2D eigenvalue weighted by molar-refractivity contribution is 5.82. The molecule has 1 fully saturated rings. The van der Waals surface area contributed by atoms with Crippen LogP contribution in [-0.2, 0) is 11.3 Å². The number of nitrogens with two attached hydrogens (primary N) is 1. The Morgan fingerprint density at radius 2 is 2.06 bits per heavy atom. The molecule has 1 atom stereocenters. The van der Waals surface area contributed by atoms with Crippen molar-refractivity contribution >= 4 is 11.6 Å². The summed E-state index contributed by atoms with van der Waals surface area (Å²) in [6.45, 7) is 7.68. The number of para-hydroxylation sites is 1. The first-order chi connectivity index (χ1) is 8.45. The van der Waals surface area contributed by atoms with E-state index < -0.39 is 0 Å². The first-order valence-corrected chi connectivity index (χ1v) is 6.58. The standard InChI is InChI=1S/C15H22N2O/c1-4-17(14(18)12-9-15(12,2)3)10-11-7-5-6-8-13(11)16/h5-8,12H,4,9-10,16H2,1-3H3. The quantitative estimate of drug-likeness (QED) is 0.830. The fourth-order valence-corrected chi connectivity index (χ4v) is 2.34. The monoisotopic (exact) mass is 246 g/mol. The van der Waals surface area contributed by atoms with Crippen LogP contribution in [0, 0.1) is 11.3 Å². The van der Waals surface area contributed by atoms with Crippen LogP contribution in [0.25, 0.3) is 0 Å². The number of rotatable bonds is 4. The molecular weight excluding hydrogens is 224 g/mol. The molecule has 1 unspecified atom stereocenters. The molecule has 1 aromatic rings. The van der Waals surface area contributed by atoms with E-state index in [0.717, 1.165) is 24.2 Å². The van der Waals surface area contributed by atoms with Gasteiger partial charge in [-0.3, -0.25) is 4.79 Å². The molecule has 2 N–H and O–H groups in total. The zero-order chi connectivity index (χ0) is 13.3. The van der Waals surface area contributed by atoms with Crippen LogP contribution in [-0.4, -0.2) is 17.4 Å². The number of benzene rings is 1. The van der Waals surface area contributed by atoms with E-state index in [2.05, 4.69) is 13.8 Å². The van der Waals surface area contributed by atoms with Crippen molar-refractivity contribution < 1.29 is 4.79 Å². The van der Waals surface area contributed by atoms with Gasteiger partial charge < -0.3 is 10.6 Å². The van der Waals surface area contributed by atoms with E-state index >= 15 is 0 Å². The minimum Gasteiger partial charge on any atom is -0.398 e. The van der Waals surface area contributed by atoms with Crippen molar-refractivity contribution in [1.82, 2.24) is 4.90 Å². The number of nitrogen functional groups attached to an aromatic ring is 1. The molecule has 1 saturated carbocycles. The molecule has 0 aliphatic heterocycles. The second-order valence-electron chi connectivity index (χ2n) is 5.80. The maximum absolute atomic E-state index is 12.4. The molecule has 0 bridgehead atoms. The molecule has 0 spiro atoms. The number of amides is 1. The molecule has 3 nitrogen and oxygen atoms in total. The van der Waals surface area contributed by atoms with Crippen molar-refractivity contribution in [1.29, 1.82) is 0 Å². The van der Waals surface area contributed by atoms with Crippen LogP contribution in [0.3, 0.4) is 0 Å². The third kappa shape index (κ3) is 2.50. The van der Waals surface area contributed by atoms with Crippen LogP contribution in [0.15, 0.2) is 24.3 Å². The van der Waals surface area contributed by atoms with Crippen molar-refractivity contribution in [2.75, 3.05) is 12.3 Å². The summed E-state index contributed by atoms with van der Waals surface area (Å²) in [7, 11) is 0. The average molecular weight is 246 g/mol. The van der Waals surface area contributed by atoms with E-state index in [0.29, 0.717) is 6.54 Å². The van der Waals surface area contributed by atoms with Gasteiger partial charge in [0, 0.05) is 24.7 Å². The van der Waals surface area contributed by atoms with Gasteiger partial charge in [-0.05, 0) is 30.4 Å². The van der Waals surface area contributed by atoms with Crippen molar-refractivity contribution in [3.63, 3.8) is 0 Å². The summed E-state index contributed by atoms with van der Waals surface area (Å²) >= 11 is 0. The zero-order valence-corrected chi connectivity index (χ0v) is 11.4. The van der Waals surface area contributed by atoms with Gasteiger partial charge in [-0.1, -0.05) is 32.0 Å². The highest BCUT2D eigenvalue weighted by Crippen LogP contribution is 2.52. The predicted molar refractivity (Wildman–Crippen MR) is 73.8 cm³/mol. The van der Waals surface area contributed by atoms with Crippen LogP contribution in [0.4, 0.5) is 5.69 Å². The summed E-state index contributed by atoms with van der Waals surface area (Å²) in [5.74, 6) is 0.466. The number of carbonyl (C=O) groups excluding carboxylic acids is 1. The number of hydrogen-bond acceptors (Lipinski definition) is 2.